The van der Waals surface area contributed by atoms with E-state index in [4.69, 9.17) is 0 Å². The van der Waals surface area contributed by atoms with Gasteiger partial charge in [-0.2, -0.15) is 0 Å². The van der Waals surface area contributed by atoms with Gasteiger partial charge in [-0.25, -0.2) is 4.79 Å². The Balaban J connectivity index is 2.11. The minimum atomic E-state index is -0.390. The van der Waals surface area contributed by atoms with Crippen molar-refractivity contribution >= 4 is 38.4 Å². The van der Waals surface area contributed by atoms with Gasteiger partial charge in [0.1, 0.15) is 0 Å². The molecule has 0 aliphatic carbocycles. The Bertz CT molecular complexity index is 1410. The Morgan fingerprint density at radius 3 is 2.37 bits per heavy atom. The van der Waals surface area contributed by atoms with Crippen LogP contribution in [0, 0.1) is 0 Å². The third-order valence-corrected chi connectivity index (χ3v) is 5.53. The smallest absolute Gasteiger partial charge is 0.326 e. The lowest BCUT2D eigenvalue weighted by molar-refractivity contribution is -0.114. The molecule has 0 saturated heterocycles. The number of hydrogen-bond acceptors (Lipinski definition) is 3. The molecule has 0 unspecified atom stereocenters. The Kier molecular flexibility index (Phi) is 4.95. The summed E-state index contributed by atoms with van der Waals surface area (Å²) < 4.78 is 5.37. The van der Waals surface area contributed by atoms with Gasteiger partial charge in [-0.1, -0.05) is 34.1 Å². The van der Waals surface area contributed by atoms with Gasteiger partial charge in [0.15, 0.2) is 0 Å². The standard InChI is InChI=1S/C22H19BrN4O3/c1-13(28)24-16-5-4-6-17(11-16)27-12-18-19(21(29)26(3)22(30)25(18)2)20(27)14-7-9-15(23)10-8-14/h4-12H,1-3H3,(H,24,28). The van der Waals surface area contributed by atoms with Crippen LogP contribution in [-0.2, 0) is 18.9 Å². The molecule has 7 nitrogen and oxygen atoms in total. The zero-order valence-corrected chi connectivity index (χ0v) is 18.2. The fourth-order valence-electron chi connectivity index (χ4n) is 3.57. The number of aromatic nitrogens is 3. The molecule has 4 aromatic rings. The first-order chi connectivity index (χ1) is 14.3. The first-order valence-corrected chi connectivity index (χ1v) is 10.0. The van der Waals surface area contributed by atoms with E-state index in [1.165, 1.54) is 18.5 Å². The molecule has 0 radical (unpaired) electrons. The normalized spacial score (nSPS) is 11.1. The summed E-state index contributed by atoms with van der Waals surface area (Å²) >= 11 is 3.44. The average molecular weight is 467 g/mol. The molecule has 2 aromatic heterocycles. The molecule has 0 bridgehead atoms. The maximum absolute atomic E-state index is 13.1. The number of fused-ring (bicyclic) bond motifs is 1. The number of carbonyl (C=O) groups is 1. The SMILES string of the molecule is CC(=O)Nc1cccc(-n2cc3c(c2-c2ccc(Br)cc2)c(=O)n(C)c(=O)n3C)c1. The van der Waals surface area contributed by atoms with Gasteiger partial charge in [0.05, 0.1) is 16.6 Å². The summed E-state index contributed by atoms with van der Waals surface area (Å²) in [6.07, 6.45) is 1.78. The number of halogens is 1. The summed E-state index contributed by atoms with van der Waals surface area (Å²) in [5.74, 6) is -0.172. The van der Waals surface area contributed by atoms with Crippen molar-refractivity contribution in [3.05, 3.63) is 80.0 Å². The maximum atomic E-state index is 13.1. The van der Waals surface area contributed by atoms with Crippen LogP contribution < -0.4 is 16.6 Å². The highest BCUT2D eigenvalue weighted by molar-refractivity contribution is 9.10. The van der Waals surface area contributed by atoms with Crippen molar-refractivity contribution in [2.45, 2.75) is 6.92 Å². The molecular weight excluding hydrogens is 448 g/mol. The second-order valence-electron chi connectivity index (χ2n) is 7.05. The Morgan fingerprint density at radius 2 is 1.70 bits per heavy atom. The van der Waals surface area contributed by atoms with Gasteiger partial charge < -0.3 is 9.88 Å². The molecular formula is C22H19BrN4O3. The molecule has 0 spiro atoms. The number of carbonyl (C=O) groups excluding carboxylic acids is 1. The topological polar surface area (TPSA) is 78.0 Å². The maximum Gasteiger partial charge on any atom is 0.330 e. The summed E-state index contributed by atoms with van der Waals surface area (Å²) in [5, 5.41) is 3.23. The van der Waals surface area contributed by atoms with Gasteiger partial charge >= 0.3 is 5.69 Å². The van der Waals surface area contributed by atoms with Gasteiger partial charge in [-0.15, -0.1) is 0 Å². The predicted octanol–water partition coefficient (Wildman–Crippen LogP) is 3.42. The molecule has 0 aliphatic rings. The van der Waals surface area contributed by atoms with Gasteiger partial charge in [-0.3, -0.25) is 18.7 Å². The van der Waals surface area contributed by atoms with Gasteiger partial charge in [0.2, 0.25) is 5.91 Å². The monoisotopic (exact) mass is 466 g/mol. The minimum absolute atomic E-state index is 0.172. The number of nitrogens with one attached hydrogen (secondary N) is 1. The number of nitrogens with zero attached hydrogens (tertiary/aromatic N) is 3. The van der Waals surface area contributed by atoms with Crippen LogP contribution >= 0.6 is 15.9 Å². The van der Waals surface area contributed by atoms with Crippen LogP contribution in [-0.4, -0.2) is 19.6 Å². The van der Waals surface area contributed by atoms with Crippen molar-refractivity contribution < 1.29 is 4.79 Å². The molecule has 0 aliphatic heterocycles. The predicted molar refractivity (Wildman–Crippen MR) is 121 cm³/mol. The fourth-order valence-corrected chi connectivity index (χ4v) is 3.84. The van der Waals surface area contributed by atoms with Crippen LogP contribution in [0.2, 0.25) is 0 Å². The molecule has 2 heterocycles. The van der Waals surface area contributed by atoms with Crippen molar-refractivity contribution in [3.63, 3.8) is 0 Å². The molecule has 1 N–H and O–H groups in total. The van der Waals surface area contributed by atoms with Crippen LogP contribution in [0.1, 0.15) is 6.92 Å². The number of benzene rings is 2. The third-order valence-electron chi connectivity index (χ3n) is 5.00. The van der Waals surface area contributed by atoms with Gasteiger partial charge in [0.25, 0.3) is 5.56 Å². The Hall–Kier alpha value is -3.39. The first kappa shape index (κ1) is 19.9. The summed E-state index contributed by atoms with van der Waals surface area (Å²) in [6, 6.07) is 15.0. The first-order valence-electron chi connectivity index (χ1n) is 9.23. The van der Waals surface area contributed by atoms with Crippen molar-refractivity contribution in [3.8, 4) is 16.9 Å². The molecule has 4 rings (SSSR count). The van der Waals surface area contributed by atoms with Crippen LogP contribution in [0.25, 0.3) is 27.8 Å². The summed E-state index contributed by atoms with van der Waals surface area (Å²) in [4.78, 5) is 37.1. The zero-order valence-electron chi connectivity index (χ0n) is 16.6. The molecule has 0 atom stereocenters. The van der Waals surface area contributed by atoms with E-state index in [9.17, 15) is 14.4 Å². The highest BCUT2D eigenvalue weighted by atomic mass is 79.9. The van der Waals surface area contributed by atoms with E-state index in [0.29, 0.717) is 22.3 Å². The number of anilines is 1. The van der Waals surface area contributed by atoms with E-state index in [0.717, 1.165) is 20.3 Å². The Labute approximate surface area is 180 Å². The zero-order chi connectivity index (χ0) is 21.6. The largest absolute Gasteiger partial charge is 0.330 e. The molecule has 152 valence electrons. The number of hydrogen-bond donors (Lipinski definition) is 1. The molecule has 2 aromatic carbocycles. The Morgan fingerprint density at radius 1 is 1.00 bits per heavy atom. The van der Waals surface area contributed by atoms with Gasteiger partial charge in [-0.05, 0) is 35.9 Å². The van der Waals surface area contributed by atoms with E-state index in [2.05, 4.69) is 21.2 Å². The molecule has 1 amide bonds. The number of rotatable bonds is 3. The fraction of sp³-hybridized carbons (Fsp3) is 0.136. The minimum Gasteiger partial charge on any atom is -0.326 e. The van der Waals surface area contributed by atoms with Crippen LogP contribution in [0.3, 0.4) is 0 Å². The average Bonchev–Trinajstić information content (AvgIpc) is 3.12. The summed E-state index contributed by atoms with van der Waals surface area (Å²) in [7, 11) is 3.12. The van der Waals surface area contributed by atoms with Crippen molar-refractivity contribution in [1.82, 2.24) is 13.7 Å². The lowest BCUT2D eigenvalue weighted by atomic mass is 10.1. The third kappa shape index (κ3) is 3.29. The lowest BCUT2D eigenvalue weighted by Crippen LogP contribution is -2.36. The highest BCUT2D eigenvalue weighted by Gasteiger charge is 2.20. The van der Waals surface area contributed by atoms with E-state index in [1.807, 2.05) is 47.0 Å². The van der Waals surface area contributed by atoms with Gasteiger partial charge in [0, 0.05) is 43.1 Å². The summed E-state index contributed by atoms with van der Waals surface area (Å²) in [5.41, 5.74) is 2.68. The number of aryl methyl sites for hydroxylation is 1. The van der Waals surface area contributed by atoms with Crippen LogP contribution in [0.15, 0.2) is 68.8 Å². The van der Waals surface area contributed by atoms with Crippen LogP contribution in [0.4, 0.5) is 5.69 Å². The lowest BCUT2D eigenvalue weighted by Gasteiger charge is -2.12. The highest BCUT2D eigenvalue weighted by Crippen LogP contribution is 2.32. The van der Waals surface area contributed by atoms with E-state index in [-0.39, 0.29) is 17.2 Å². The second kappa shape index (κ2) is 7.46. The van der Waals surface area contributed by atoms with E-state index in [1.54, 1.807) is 19.3 Å². The number of amides is 1. The van der Waals surface area contributed by atoms with E-state index < -0.39 is 0 Å². The van der Waals surface area contributed by atoms with Crippen molar-refractivity contribution in [1.29, 1.82) is 0 Å². The molecule has 8 heteroatoms. The van der Waals surface area contributed by atoms with Crippen molar-refractivity contribution in [2.24, 2.45) is 14.1 Å². The van der Waals surface area contributed by atoms with E-state index >= 15 is 0 Å². The summed E-state index contributed by atoms with van der Waals surface area (Å²) in [6.45, 7) is 1.45. The quantitative estimate of drug-likeness (QED) is 0.502. The van der Waals surface area contributed by atoms with Crippen LogP contribution in [0.5, 0.6) is 0 Å². The van der Waals surface area contributed by atoms with Crippen molar-refractivity contribution in [2.75, 3.05) is 5.32 Å². The molecule has 0 fully saturated rings. The molecule has 0 saturated carbocycles. The molecule has 30 heavy (non-hydrogen) atoms. The second-order valence-corrected chi connectivity index (χ2v) is 7.97.